The average molecular weight is 642 g/mol. The smallest absolute Gasteiger partial charge is 0.481 e. The average Bonchev–Trinajstić information content (AvgIpc) is 2.73. The second-order valence-corrected chi connectivity index (χ2v) is 12.4. The van der Waals surface area contributed by atoms with Gasteiger partial charge in [0.2, 0.25) is 0 Å². The third kappa shape index (κ3) is 9.96. The van der Waals surface area contributed by atoms with Gasteiger partial charge in [-0.15, -0.1) is 0 Å². The highest BCUT2D eigenvalue weighted by Crippen LogP contribution is 2.22. The molecule has 0 aliphatic carbocycles. The van der Waals surface area contributed by atoms with Crippen LogP contribution in [0.25, 0.3) is 0 Å². The van der Waals surface area contributed by atoms with Crippen LogP contribution in [0.5, 0.6) is 0 Å². The van der Waals surface area contributed by atoms with Crippen LogP contribution in [0.1, 0.15) is 26.2 Å². The van der Waals surface area contributed by atoms with Gasteiger partial charge in [-0.2, -0.15) is 25.3 Å². The molecule has 0 aromatic rings. The molecule has 1 heterocycles. The Hall–Kier alpha value is -2.85. The number of carboxylic acid groups (broad SMARTS) is 5. The molecular formula is C12H17B3O22S3. The molecule has 224 valence electrons. The Morgan fingerprint density at radius 2 is 0.825 bits per heavy atom. The standard InChI is InChI=1S/C12H17B3O22S3/c1-2-5(10(20)21)38(26,27)35-13-32-14(36-39(28,29)6(11(22)23)3-8(16)17)34-15(33-13)37-40(30,31)7(12(24)25)4-9(18)19/h5-7H,2-4H2,1H3,(H,16,17)(H,18,19)(H,20,21)(H,22,23)(H,24,25). The fourth-order valence-electron chi connectivity index (χ4n) is 2.48. The lowest BCUT2D eigenvalue weighted by atomic mass is 9.98. The van der Waals surface area contributed by atoms with Crippen molar-refractivity contribution >= 4 is 82.2 Å². The molecule has 28 heteroatoms. The van der Waals surface area contributed by atoms with Crippen LogP contribution in [0.3, 0.4) is 0 Å². The summed E-state index contributed by atoms with van der Waals surface area (Å²) in [5, 5.41) is 36.6. The van der Waals surface area contributed by atoms with Crippen LogP contribution in [0.4, 0.5) is 0 Å². The summed E-state index contributed by atoms with van der Waals surface area (Å²) < 4.78 is 100. The number of hydrogen-bond donors (Lipinski definition) is 5. The number of carboxylic acids is 5. The number of hydrogen-bond acceptors (Lipinski definition) is 17. The highest BCUT2D eigenvalue weighted by molar-refractivity contribution is 7.89. The zero-order valence-electron chi connectivity index (χ0n) is 19.5. The molecule has 1 fully saturated rings. The van der Waals surface area contributed by atoms with E-state index in [0.29, 0.717) is 0 Å². The minimum Gasteiger partial charge on any atom is -0.481 e. The quantitative estimate of drug-likeness (QED) is 0.0938. The summed E-state index contributed by atoms with van der Waals surface area (Å²) in [6.07, 6.45) is -3.83. The maximum absolute atomic E-state index is 12.3. The lowest BCUT2D eigenvalue weighted by molar-refractivity contribution is -0.143. The van der Waals surface area contributed by atoms with Gasteiger partial charge >= 0.3 is 51.8 Å². The van der Waals surface area contributed by atoms with Gasteiger partial charge in [0.05, 0.1) is 12.8 Å². The van der Waals surface area contributed by atoms with Crippen molar-refractivity contribution in [3.63, 3.8) is 0 Å². The molecule has 22 nitrogen and oxygen atoms in total. The molecule has 1 aliphatic rings. The Morgan fingerprint density at radius 3 is 1.02 bits per heavy atom. The maximum atomic E-state index is 12.3. The minimum absolute atomic E-state index is 0.630. The van der Waals surface area contributed by atoms with Gasteiger partial charge < -0.3 is 39.2 Å². The van der Waals surface area contributed by atoms with Crippen LogP contribution < -0.4 is 0 Å². The van der Waals surface area contributed by atoms with Crippen LogP contribution in [0.15, 0.2) is 0 Å². The first-order valence-corrected chi connectivity index (χ1v) is 14.4. The zero-order valence-corrected chi connectivity index (χ0v) is 21.9. The fraction of sp³-hybridized carbons (Fsp3) is 0.583. The van der Waals surface area contributed by atoms with E-state index in [1.165, 1.54) is 0 Å². The van der Waals surface area contributed by atoms with Crippen LogP contribution >= 0.6 is 0 Å². The molecule has 40 heavy (non-hydrogen) atoms. The van der Waals surface area contributed by atoms with Gasteiger partial charge in [0, 0.05) is 0 Å². The van der Waals surface area contributed by atoms with E-state index in [0.717, 1.165) is 6.92 Å². The minimum atomic E-state index is -5.59. The molecular weight excluding hydrogens is 625 g/mol. The van der Waals surface area contributed by atoms with Crippen LogP contribution in [-0.2, 0) is 80.3 Å². The van der Waals surface area contributed by atoms with Gasteiger partial charge in [-0.25, -0.2) is 0 Å². The van der Waals surface area contributed by atoms with Gasteiger partial charge in [0.25, 0.3) is 30.4 Å². The van der Waals surface area contributed by atoms with E-state index in [1.54, 1.807) is 0 Å². The third-order valence-corrected chi connectivity index (χ3v) is 8.91. The Bertz CT molecular complexity index is 1250. The van der Waals surface area contributed by atoms with Crippen molar-refractivity contribution in [1.82, 2.24) is 0 Å². The van der Waals surface area contributed by atoms with Gasteiger partial charge in [-0.05, 0) is 6.42 Å². The van der Waals surface area contributed by atoms with E-state index < -0.39 is 117 Å². The second-order valence-electron chi connectivity index (χ2n) is 7.13. The molecule has 1 rings (SSSR count). The number of rotatable bonds is 17. The summed E-state index contributed by atoms with van der Waals surface area (Å²) in [4.78, 5) is 55.3. The topological polar surface area (TPSA) is 344 Å². The first-order chi connectivity index (χ1) is 18.1. The molecule has 0 aromatic heterocycles. The van der Waals surface area contributed by atoms with Gasteiger partial charge in [0.15, 0.2) is 15.7 Å². The Morgan fingerprint density at radius 1 is 0.575 bits per heavy atom. The second kappa shape index (κ2) is 13.7. The first-order valence-electron chi connectivity index (χ1n) is 9.97. The summed E-state index contributed by atoms with van der Waals surface area (Å²) in [6, 6.07) is 0. The molecule has 5 N–H and O–H groups in total. The largest absolute Gasteiger partial charge is 0.630 e. The van der Waals surface area contributed by atoms with Crippen molar-refractivity contribution < 1.29 is 101 Å². The highest BCUT2D eigenvalue weighted by atomic mass is 32.2. The van der Waals surface area contributed by atoms with Gasteiger partial charge in [-0.3, -0.25) is 36.3 Å². The van der Waals surface area contributed by atoms with Crippen LogP contribution in [0.2, 0.25) is 0 Å². The number of carbonyl (C=O) groups is 5. The molecule has 3 unspecified atom stereocenters. The summed E-state index contributed by atoms with van der Waals surface area (Å²) >= 11 is 0. The van der Waals surface area contributed by atoms with Crippen molar-refractivity contribution in [2.45, 2.75) is 41.9 Å². The molecule has 1 saturated heterocycles. The number of aliphatic carboxylic acids is 5. The molecule has 0 amide bonds. The fourth-order valence-corrected chi connectivity index (χ4v) is 5.65. The van der Waals surface area contributed by atoms with E-state index in [4.69, 9.17) is 25.5 Å². The van der Waals surface area contributed by atoms with E-state index >= 15 is 0 Å². The zero-order chi connectivity index (χ0) is 31.2. The lowest BCUT2D eigenvalue weighted by Crippen LogP contribution is -2.56. The molecule has 0 spiro atoms. The lowest BCUT2D eigenvalue weighted by Gasteiger charge is -2.28. The molecule has 0 radical (unpaired) electrons. The third-order valence-electron chi connectivity index (χ3n) is 4.27. The maximum Gasteiger partial charge on any atom is 0.630 e. The van der Waals surface area contributed by atoms with Crippen molar-refractivity contribution in [3.05, 3.63) is 0 Å². The molecule has 0 bridgehead atoms. The first kappa shape index (κ1) is 35.2. The molecule has 1 aliphatic heterocycles. The van der Waals surface area contributed by atoms with E-state index in [-0.39, 0.29) is 0 Å². The summed E-state index contributed by atoms with van der Waals surface area (Å²) in [7, 11) is -25.3. The van der Waals surface area contributed by atoms with Crippen molar-refractivity contribution in [3.8, 4) is 0 Å². The predicted molar refractivity (Wildman–Crippen MR) is 120 cm³/mol. The Balaban J connectivity index is 3.42. The normalized spacial score (nSPS) is 17.1. The molecule has 3 atom stereocenters. The predicted octanol–water partition coefficient (Wildman–Crippen LogP) is -4.24. The summed E-state index contributed by atoms with van der Waals surface area (Å²) in [5.41, 5.74) is 0. The van der Waals surface area contributed by atoms with Crippen molar-refractivity contribution in [2.75, 3.05) is 0 Å². The van der Waals surface area contributed by atoms with Crippen LogP contribution in [-0.4, -0.2) is 118 Å². The summed E-state index contributed by atoms with van der Waals surface area (Å²) in [5.74, 6) is -10.4. The van der Waals surface area contributed by atoms with Crippen LogP contribution in [0, 0.1) is 0 Å². The van der Waals surface area contributed by atoms with Gasteiger partial charge in [-0.1, -0.05) is 6.92 Å². The molecule has 0 aromatic carbocycles. The van der Waals surface area contributed by atoms with E-state index in [1.807, 2.05) is 0 Å². The SMILES string of the molecule is CCC(C(=O)O)S(=O)(=O)OB1OB(OS(=O)(=O)C(CC(=O)O)C(=O)O)OB(OS(=O)(=O)C(CC(=O)O)C(=O)O)O1. The van der Waals surface area contributed by atoms with Gasteiger partial charge in [0.1, 0.15) is 0 Å². The summed E-state index contributed by atoms with van der Waals surface area (Å²) in [6.45, 7) is 1.07. The van der Waals surface area contributed by atoms with E-state index in [9.17, 15) is 49.2 Å². The van der Waals surface area contributed by atoms with Crippen molar-refractivity contribution in [2.24, 2.45) is 0 Å². The Kier molecular flexibility index (Phi) is 12.0. The Labute approximate surface area is 224 Å². The monoisotopic (exact) mass is 642 g/mol. The molecule has 0 saturated carbocycles. The highest BCUT2D eigenvalue weighted by Gasteiger charge is 2.55. The van der Waals surface area contributed by atoms with E-state index in [2.05, 4.69) is 26.0 Å². The van der Waals surface area contributed by atoms with Crippen molar-refractivity contribution in [1.29, 1.82) is 0 Å².